The quantitative estimate of drug-likeness (QED) is 0.568. The molecule has 2 unspecified atom stereocenters. The summed E-state index contributed by atoms with van der Waals surface area (Å²) >= 11 is 1.45. The first-order valence-electron chi connectivity index (χ1n) is 13.5. The lowest BCUT2D eigenvalue weighted by molar-refractivity contribution is -0.135. The Morgan fingerprint density at radius 1 is 1.08 bits per heavy atom. The summed E-state index contributed by atoms with van der Waals surface area (Å²) in [7, 11) is 0. The van der Waals surface area contributed by atoms with Crippen LogP contribution in [0.1, 0.15) is 27.2 Å². The molecule has 3 aliphatic rings. The topological polar surface area (TPSA) is 68.4 Å². The van der Waals surface area contributed by atoms with Gasteiger partial charge in [-0.2, -0.15) is 0 Å². The molecule has 1 aromatic heterocycles. The second kappa shape index (κ2) is 12.5. The number of thiophene rings is 1. The van der Waals surface area contributed by atoms with E-state index in [-0.39, 0.29) is 17.9 Å². The lowest BCUT2D eigenvalue weighted by atomic mass is 10.1. The summed E-state index contributed by atoms with van der Waals surface area (Å²) in [6.07, 6.45) is 0.675. The standard InChI is InChI=1S/C28H39N5O3S/c1-22-4-6-23(7-5-22)20-32(13-12-30-14-16-36-17-15-30)24-19-25(27(34)31-10-8-29-9-11-31)33(21-24)28(35)26-3-2-18-37-26/h2-7,18,24-25,29H,8-17,19-21H2,1H3. The molecule has 0 bridgehead atoms. The van der Waals surface area contributed by atoms with Gasteiger partial charge >= 0.3 is 0 Å². The van der Waals surface area contributed by atoms with Crippen molar-refractivity contribution in [3.8, 4) is 0 Å². The number of carbonyl (C=O) groups is 2. The van der Waals surface area contributed by atoms with Crippen LogP contribution in [-0.2, 0) is 16.1 Å². The maximum Gasteiger partial charge on any atom is 0.264 e. The first kappa shape index (κ1) is 26.3. The molecule has 8 nitrogen and oxygen atoms in total. The van der Waals surface area contributed by atoms with E-state index < -0.39 is 6.04 Å². The Hall–Kier alpha value is -2.30. The summed E-state index contributed by atoms with van der Waals surface area (Å²) in [5, 5.41) is 5.26. The molecule has 4 heterocycles. The predicted molar refractivity (Wildman–Crippen MR) is 146 cm³/mol. The third-order valence-corrected chi connectivity index (χ3v) is 8.67. The van der Waals surface area contributed by atoms with E-state index in [1.165, 1.54) is 22.5 Å². The molecule has 1 N–H and O–H groups in total. The van der Waals surface area contributed by atoms with Crippen molar-refractivity contribution in [3.63, 3.8) is 0 Å². The van der Waals surface area contributed by atoms with Crippen LogP contribution in [0, 0.1) is 6.92 Å². The van der Waals surface area contributed by atoms with Gasteiger partial charge in [-0.15, -0.1) is 11.3 Å². The number of likely N-dealkylation sites (tertiary alicyclic amines) is 1. The van der Waals surface area contributed by atoms with Gasteiger partial charge in [-0.05, 0) is 30.4 Å². The van der Waals surface area contributed by atoms with Crippen molar-refractivity contribution in [2.75, 3.05) is 72.1 Å². The van der Waals surface area contributed by atoms with E-state index in [0.717, 1.165) is 59.0 Å². The monoisotopic (exact) mass is 525 g/mol. The summed E-state index contributed by atoms with van der Waals surface area (Å²) in [5.74, 6) is 0.0758. The van der Waals surface area contributed by atoms with Gasteiger partial charge in [0.25, 0.3) is 5.91 Å². The van der Waals surface area contributed by atoms with Crippen LogP contribution >= 0.6 is 11.3 Å². The number of aryl methyl sites for hydroxylation is 1. The van der Waals surface area contributed by atoms with E-state index in [2.05, 4.69) is 46.3 Å². The van der Waals surface area contributed by atoms with Crippen molar-refractivity contribution in [1.82, 2.24) is 24.9 Å². The van der Waals surface area contributed by atoms with Gasteiger partial charge in [0.15, 0.2) is 0 Å². The number of amides is 2. The van der Waals surface area contributed by atoms with Crippen LogP contribution in [0.25, 0.3) is 0 Å². The third-order valence-electron chi connectivity index (χ3n) is 7.82. The number of morpholine rings is 1. The Kier molecular flexibility index (Phi) is 8.89. The Morgan fingerprint density at radius 2 is 1.84 bits per heavy atom. The predicted octanol–water partition coefficient (Wildman–Crippen LogP) is 1.91. The van der Waals surface area contributed by atoms with Crippen LogP contribution in [0.4, 0.5) is 0 Å². The van der Waals surface area contributed by atoms with E-state index in [1.807, 2.05) is 27.3 Å². The molecule has 3 fully saturated rings. The molecule has 9 heteroatoms. The number of rotatable bonds is 8. The maximum atomic E-state index is 13.7. The van der Waals surface area contributed by atoms with E-state index >= 15 is 0 Å². The Bertz CT molecular complexity index is 1020. The smallest absolute Gasteiger partial charge is 0.264 e. The van der Waals surface area contributed by atoms with Crippen LogP contribution in [-0.4, -0.2) is 116 Å². The molecule has 2 amide bonds. The highest BCUT2D eigenvalue weighted by atomic mass is 32.1. The fourth-order valence-corrected chi connectivity index (χ4v) is 6.27. The van der Waals surface area contributed by atoms with Crippen molar-refractivity contribution in [2.24, 2.45) is 0 Å². The molecule has 3 aliphatic heterocycles. The first-order valence-corrected chi connectivity index (χ1v) is 14.4. The highest BCUT2D eigenvalue weighted by molar-refractivity contribution is 7.12. The summed E-state index contributed by atoms with van der Waals surface area (Å²) in [6.45, 7) is 11.8. The van der Waals surface area contributed by atoms with Crippen molar-refractivity contribution in [3.05, 3.63) is 57.8 Å². The Morgan fingerprint density at radius 3 is 2.54 bits per heavy atom. The molecule has 0 saturated carbocycles. The molecule has 2 aromatic rings. The lowest BCUT2D eigenvalue weighted by Gasteiger charge is -2.33. The minimum atomic E-state index is -0.415. The SMILES string of the molecule is Cc1ccc(CN(CCN2CCOCC2)C2CC(C(=O)N3CCNCC3)N(C(=O)c3cccs3)C2)cc1. The van der Waals surface area contributed by atoms with Gasteiger partial charge in [0.1, 0.15) is 6.04 Å². The van der Waals surface area contributed by atoms with Gasteiger partial charge in [0.2, 0.25) is 5.91 Å². The summed E-state index contributed by atoms with van der Waals surface area (Å²) in [4.78, 5) is 36.8. The lowest BCUT2D eigenvalue weighted by Crippen LogP contribution is -2.53. The molecule has 0 radical (unpaired) electrons. The van der Waals surface area contributed by atoms with Crippen LogP contribution in [0.5, 0.6) is 0 Å². The second-order valence-corrected chi connectivity index (χ2v) is 11.3. The van der Waals surface area contributed by atoms with Crippen LogP contribution in [0.15, 0.2) is 41.8 Å². The number of hydrogen-bond acceptors (Lipinski definition) is 7. The molecule has 200 valence electrons. The largest absolute Gasteiger partial charge is 0.379 e. The molecular weight excluding hydrogens is 486 g/mol. The summed E-state index contributed by atoms with van der Waals surface area (Å²) < 4.78 is 5.54. The summed E-state index contributed by atoms with van der Waals surface area (Å²) in [6, 6.07) is 12.2. The number of nitrogens with zero attached hydrogens (tertiary/aromatic N) is 4. The molecule has 0 spiro atoms. The number of ether oxygens (including phenoxy) is 1. The average molecular weight is 526 g/mol. The van der Waals surface area contributed by atoms with Gasteiger partial charge in [-0.1, -0.05) is 35.9 Å². The molecule has 1 aromatic carbocycles. The highest BCUT2D eigenvalue weighted by Gasteiger charge is 2.43. The maximum absolute atomic E-state index is 13.7. The van der Waals surface area contributed by atoms with E-state index in [9.17, 15) is 9.59 Å². The number of benzene rings is 1. The van der Waals surface area contributed by atoms with Gasteiger partial charge in [0.05, 0.1) is 18.1 Å². The van der Waals surface area contributed by atoms with E-state index in [4.69, 9.17) is 4.74 Å². The van der Waals surface area contributed by atoms with Gasteiger partial charge in [0, 0.05) is 71.5 Å². The Labute approximate surface area is 224 Å². The Balaban J connectivity index is 1.36. The zero-order valence-electron chi connectivity index (χ0n) is 21.8. The van der Waals surface area contributed by atoms with Crippen molar-refractivity contribution in [1.29, 1.82) is 0 Å². The molecule has 5 rings (SSSR count). The van der Waals surface area contributed by atoms with Gasteiger partial charge < -0.3 is 19.9 Å². The van der Waals surface area contributed by atoms with Crippen molar-refractivity contribution in [2.45, 2.75) is 32.0 Å². The van der Waals surface area contributed by atoms with Crippen molar-refractivity contribution < 1.29 is 14.3 Å². The fraction of sp³-hybridized carbons (Fsp3) is 0.571. The zero-order chi connectivity index (χ0) is 25.6. The second-order valence-electron chi connectivity index (χ2n) is 10.3. The third kappa shape index (κ3) is 6.59. The number of piperazine rings is 1. The molecule has 0 aliphatic carbocycles. The minimum Gasteiger partial charge on any atom is -0.379 e. The zero-order valence-corrected chi connectivity index (χ0v) is 22.6. The summed E-state index contributed by atoms with van der Waals surface area (Å²) in [5.41, 5.74) is 2.51. The first-order chi connectivity index (χ1) is 18.1. The molecule has 3 saturated heterocycles. The number of carbonyl (C=O) groups excluding carboxylic acids is 2. The number of hydrogen-bond donors (Lipinski definition) is 1. The number of nitrogens with one attached hydrogen (secondary N) is 1. The van der Waals surface area contributed by atoms with Crippen molar-refractivity contribution >= 4 is 23.2 Å². The van der Waals surface area contributed by atoms with Gasteiger partial charge in [-0.3, -0.25) is 19.4 Å². The van der Waals surface area contributed by atoms with Gasteiger partial charge in [-0.25, -0.2) is 0 Å². The average Bonchev–Trinajstić information content (AvgIpc) is 3.64. The highest BCUT2D eigenvalue weighted by Crippen LogP contribution is 2.28. The molecule has 2 atom stereocenters. The van der Waals surface area contributed by atoms with E-state index in [0.29, 0.717) is 30.9 Å². The molecular formula is C28H39N5O3S. The minimum absolute atomic E-state index is 0.0190. The van der Waals surface area contributed by atoms with Crippen LogP contribution in [0.3, 0.4) is 0 Å². The normalized spacial score (nSPS) is 23.1. The fourth-order valence-electron chi connectivity index (χ4n) is 5.59. The van der Waals surface area contributed by atoms with E-state index in [1.54, 1.807) is 0 Å². The molecule has 37 heavy (non-hydrogen) atoms. The van der Waals surface area contributed by atoms with Crippen LogP contribution in [0.2, 0.25) is 0 Å². The van der Waals surface area contributed by atoms with Crippen LogP contribution < -0.4 is 5.32 Å².